The van der Waals surface area contributed by atoms with Gasteiger partial charge < -0.3 is 35.3 Å². The third kappa shape index (κ3) is 4.52. The first kappa shape index (κ1) is 22.7. The number of anilines is 2. The summed E-state index contributed by atoms with van der Waals surface area (Å²) < 4.78 is 17.9. The predicted octanol–water partition coefficient (Wildman–Crippen LogP) is -0.105. The summed E-state index contributed by atoms with van der Waals surface area (Å²) in [5, 5.41) is 34.4. The van der Waals surface area contributed by atoms with Gasteiger partial charge in [0.1, 0.15) is 42.7 Å². The Labute approximate surface area is 188 Å². The molecule has 4 atom stereocenters. The number of hydrazone groups is 1. The number of rotatable bonds is 8. The molecule has 13 nitrogen and oxygen atoms in total. The van der Waals surface area contributed by atoms with Crippen molar-refractivity contribution < 1.29 is 29.5 Å². The van der Waals surface area contributed by atoms with E-state index in [4.69, 9.17) is 19.9 Å². The summed E-state index contributed by atoms with van der Waals surface area (Å²) in [6, 6.07) is 7.13. The molecule has 1 aliphatic heterocycles. The van der Waals surface area contributed by atoms with E-state index in [1.54, 1.807) is 38.3 Å². The van der Waals surface area contributed by atoms with E-state index in [1.807, 2.05) is 0 Å². The van der Waals surface area contributed by atoms with E-state index >= 15 is 0 Å². The Morgan fingerprint density at radius 2 is 1.94 bits per heavy atom. The van der Waals surface area contributed by atoms with Crippen molar-refractivity contribution in [3.8, 4) is 11.5 Å². The van der Waals surface area contributed by atoms with E-state index in [2.05, 4.69) is 25.5 Å². The molecule has 33 heavy (non-hydrogen) atoms. The van der Waals surface area contributed by atoms with Gasteiger partial charge in [-0.2, -0.15) is 5.10 Å². The first-order chi connectivity index (χ1) is 15.9. The van der Waals surface area contributed by atoms with Gasteiger partial charge in [-0.3, -0.25) is 4.57 Å². The maximum atomic E-state index is 10.5. The maximum absolute atomic E-state index is 10.5. The van der Waals surface area contributed by atoms with Gasteiger partial charge in [0.15, 0.2) is 23.2 Å². The van der Waals surface area contributed by atoms with Gasteiger partial charge in [0.05, 0.1) is 19.4 Å². The fraction of sp³-hybridized carbons (Fsp3) is 0.400. The number of benzene rings is 1. The van der Waals surface area contributed by atoms with Crippen LogP contribution in [0.25, 0.3) is 11.2 Å². The average Bonchev–Trinajstić information content (AvgIpc) is 3.34. The second kappa shape index (κ2) is 9.54. The largest absolute Gasteiger partial charge is 0.497 e. The van der Waals surface area contributed by atoms with E-state index in [-0.39, 0.29) is 29.5 Å². The van der Waals surface area contributed by atoms with Crippen LogP contribution in [0.4, 0.5) is 11.8 Å². The van der Waals surface area contributed by atoms with Crippen LogP contribution in [0.3, 0.4) is 0 Å². The van der Waals surface area contributed by atoms with Gasteiger partial charge >= 0.3 is 0 Å². The zero-order valence-corrected chi connectivity index (χ0v) is 18.0. The highest BCUT2D eigenvalue weighted by molar-refractivity contribution is 5.86. The summed E-state index contributed by atoms with van der Waals surface area (Å²) in [5.41, 5.74) is 9.86. The second-order valence-electron chi connectivity index (χ2n) is 7.39. The topological polar surface area (TPSA) is 182 Å². The molecule has 0 aliphatic carbocycles. The lowest BCUT2D eigenvalue weighted by Gasteiger charge is -2.19. The van der Waals surface area contributed by atoms with Crippen LogP contribution in [-0.2, 0) is 4.74 Å². The number of nitrogen functional groups attached to an aromatic ring is 1. The Bertz CT molecular complexity index is 1140. The highest BCUT2D eigenvalue weighted by atomic mass is 16.6. The SMILES string of the molecule is COc1ccc(OC/C(C)=N/Nc2nc3c(N)ncnc3n2C2OC(CO)C(O)C2O)cc1. The minimum absolute atomic E-state index is 0.122. The maximum Gasteiger partial charge on any atom is 0.228 e. The summed E-state index contributed by atoms with van der Waals surface area (Å²) in [4.78, 5) is 12.5. The number of imidazole rings is 1. The molecule has 1 fully saturated rings. The first-order valence-corrected chi connectivity index (χ1v) is 10.1. The van der Waals surface area contributed by atoms with Crippen molar-refractivity contribution in [2.24, 2.45) is 5.10 Å². The van der Waals surface area contributed by atoms with E-state index in [1.165, 1.54) is 10.9 Å². The lowest BCUT2D eigenvalue weighted by Crippen LogP contribution is -2.33. The highest BCUT2D eigenvalue weighted by Crippen LogP contribution is 2.35. The summed E-state index contributed by atoms with van der Waals surface area (Å²) in [6.45, 7) is 1.47. The Balaban J connectivity index is 1.56. The molecule has 1 saturated heterocycles. The van der Waals surface area contributed by atoms with Crippen molar-refractivity contribution in [3.63, 3.8) is 0 Å². The first-order valence-electron chi connectivity index (χ1n) is 10.1. The number of fused-ring (bicyclic) bond motifs is 1. The number of ether oxygens (including phenoxy) is 3. The summed E-state index contributed by atoms with van der Waals surface area (Å²) in [7, 11) is 1.59. The lowest BCUT2D eigenvalue weighted by atomic mass is 10.1. The van der Waals surface area contributed by atoms with Gasteiger partial charge in [0.25, 0.3) is 0 Å². The molecule has 1 aromatic carbocycles. The van der Waals surface area contributed by atoms with Crippen molar-refractivity contribution >= 4 is 28.6 Å². The van der Waals surface area contributed by atoms with Crippen molar-refractivity contribution in [1.29, 1.82) is 0 Å². The standard InChI is InChI=1S/C20H25N7O6/c1-10(8-32-12-5-3-11(31-2)4-6-12)25-26-20-24-14-17(21)22-9-23-18(14)27(20)19-16(30)15(29)13(7-28)33-19/h3-6,9,13,15-16,19,28-30H,7-8H2,1-2H3,(H,24,26)(H2,21,22,23)/b25-10+. The average molecular weight is 459 g/mol. The third-order valence-corrected chi connectivity index (χ3v) is 5.13. The normalized spacial score (nSPS) is 23.1. The molecular weight excluding hydrogens is 434 g/mol. The number of nitrogens with zero attached hydrogens (tertiary/aromatic N) is 5. The second-order valence-corrected chi connectivity index (χ2v) is 7.39. The smallest absolute Gasteiger partial charge is 0.228 e. The zero-order valence-electron chi connectivity index (χ0n) is 18.0. The number of aliphatic hydroxyl groups excluding tert-OH is 3. The molecule has 13 heteroatoms. The molecule has 2 aromatic heterocycles. The number of aliphatic hydroxyl groups is 3. The summed E-state index contributed by atoms with van der Waals surface area (Å²) >= 11 is 0. The van der Waals surface area contributed by atoms with Gasteiger partial charge in [-0.15, -0.1) is 0 Å². The predicted molar refractivity (Wildman–Crippen MR) is 118 cm³/mol. The van der Waals surface area contributed by atoms with Crippen molar-refractivity contribution in [1.82, 2.24) is 19.5 Å². The van der Waals surface area contributed by atoms with E-state index in [0.29, 0.717) is 11.5 Å². The molecule has 0 saturated carbocycles. The molecule has 4 unspecified atom stereocenters. The van der Waals surface area contributed by atoms with Crippen LogP contribution in [0.1, 0.15) is 13.2 Å². The van der Waals surface area contributed by atoms with Gasteiger partial charge in [-0.05, 0) is 31.2 Å². The number of nitrogens with two attached hydrogens (primary N) is 1. The minimum atomic E-state index is -1.35. The Kier molecular flexibility index (Phi) is 6.55. The number of hydrogen-bond acceptors (Lipinski definition) is 12. The van der Waals surface area contributed by atoms with Gasteiger partial charge in [0, 0.05) is 0 Å². The van der Waals surface area contributed by atoms with Crippen molar-refractivity contribution in [3.05, 3.63) is 30.6 Å². The lowest BCUT2D eigenvalue weighted by molar-refractivity contribution is -0.0501. The van der Waals surface area contributed by atoms with Gasteiger partial charge in [-0.25, -0.2) is 20.4 Å². The quantitative estimate of drug-likeness (QED) is 0.224. The van der Waals surface area contributed by atoms with Crippen LogP contribution < -0.4 is 20.6 Å². The fourth-order valence-electron chi connectivity index (χ4n) is 3.38. The summed E-state index contributed by atoms with van der Waals surface area (Å²) in [5.74, 6) is 1.64. The summed E-state index contributed by atoms with van der Waals surface area (Å²) in [6.07, 6.45) is -3.46. The molecule has 176 valence electrons. The third-order valence-electron chi connectivity index (χ3n) is 5.13. The van der Waals surface area contributed by atoms with Crippen LogP contribution in [0.15, 0.2) is 35.7 Å². The molecule has 6 N–H and O–H groups in total. The molecular formula is C20H25N7O6. The van der Waals surface area contributed by atoms with Crippen LogP contribution in [0.5, 0.6) is 11.5 Å². The number of aromatic nitrogens is 4. The number of nitrogens with one attached hydrogen (secondary N) is 1. The van der Waals surface area contributed by atoms with E-state index in [0.717, 1.165) is 5.75 Å². The molecule has 4 rings (SSSR count). The van der Waals surface area contributed by atoms with Crippen molar-refractivity contribution in [2.45, 2.75) is 31.5 Å². The number of hydrogen-bond donors (Lipinski definition) is 5. The van der Waals surface area contributed by atoms with Crippen LogP contribution in [-0.4, -0.2) is 79.2 Å². The molecule has 0 spiro atoms. The number of methoxy groups -OCH3 is 1. The van der Waals surface area contributed by atoms with Gasteiger partial charge in [-0.1, -0.05) is 0 Å². The van der Waals surface area contributed by atoms with E-state index in [9.17, 15) is 15.3 Å². The van der Waals surface area contributed by atoms with E-state index < -0.39 is 31.1 Å². The Morgan fingerprint density at radius 1 is 1.21 bits per heavy atom. The van der Waals surface area contributed by atoms with Crippen LogP contribution >= 0.6 is 0 Å². The van der Waals surface area contributed by atoms with Crippen LogP contribution in [0, 0.1) is 0 Å². The Morgan fingerprint density at radius 3 is 2.61 bits per heavy atom. The Hall–Kier alpha value is -3.52. The van der Waals surface area contributed by atoms with Crippen LogP contribution in [0.2, 0.25) is 0 Å². The fourth-order valence-corrected chi connectivity index (χ4v) is 3.38. The molecule has 1 aliphatic rings. The zero-order chi connectivity index (χ0) is 23.5. The molecule has 0 bridgehead atoms. The molecule has 3 heterocycles. The van der Waals surface area contributed by atoms with Gasteiger partial charge in [0.2, 0.25) is 5.95 Å². The highest BCUT2D eigenvalue weighted by Gasteiger charge is 2.45. The minimum Gasteiger partial charge on any atom is -0.497 e. The molecule has 0 radical (unpaired) electrons. The monoisotopic (exact) mass is 459 g/mol. The molecule has 3 aromatic rings. The van der Waals surface area contributed by atoms with Crippen molar-refractivity contribution in [2.75, 3.05) is 31.5 Å². The molecule has 0 amide bonds.